The SMILES string of the molecule is O=C(CCCN1C(=O)c2cccc3cccc1c23)Nc1ccc2c(c1)OCCO2. The Morgan fingerprint density at radius 2 is 1.79 bits per heavy atom. The normalized spacial score (nSPS) is 14.3. The summed E-state index contributed by atoms with van der Waals surface area (Å²) in [6.07, 6.45) is 0.900. The van der Waals surface area contributed by atoms with Crippen LogP contribution in [0.2, 0.25) is 0 Å². The molecule has 0 spiro atoms. The van der Waals surface area contributed by atoms with Crippen LogP contribution in [-0.4, -0.2) is 31.6 Å². The first-order valence-corrected chi connectivity index (χ1v) is 9.74. The molecule has 0 aromatic heterocycles. The first-order chi connectivity index (χ1) is 14.2. The maximum atomic E-state index is 12.8. The number of rotatable bonds is 5. The maximum Gasteiger partial charge on any atom is 0.258 e. The van der Waals surface area contributed by atoms with Crippen LogP contribution < -0.4 is 19.7 Å². The molecule has 0 fully saturated rings. The third kappa shape index (κ3) is 3.16. The Labute approximate surface area is 168 Å². The molecule has 146 valence electrons. The summed E-state index contributed by atoms with van der Waals surface area (Å²) in [5.74, 6) is 1.24. The van der Waals surface area contributed by atoms with E-state index in [0.717, 1.165) is 22.0 Å². The van der Waals surface area contributed by atoms with Crippen molar-refractivity contribution in [2.24, 2.45) is 0 Å². The molecular weight excluding hydrogens is 368 g/mol. The molecular formula is C23H20N2O4. The van der Waals surface area contributed by atoms with Crippen molar-refractivity contribution in [1.82, 2.24) is 0 Å². The van der Waals surface area contributed by atoms with Gasteiger partial charge >= 0.3 is 0 Å². The monoisotopic (exact) mass is 388 g/mol. The van der Waals surface area contributed by atoms with E-state index in [4.69, 9.17) is 9.47 Å². The number of amides is 2. The third-order valence-corrected chi connectivity index (χ3v) is 5.26. The number of carbonyl (C=O) groups is 2. The molecule has 5 rings (SSSR count). The summed E-state index contributed by atoms with van der Waals surface area (Å²) in [5.41, 5.74) is 2.34. The summed E-state index contributed by atoms with van der Waals surface area (Å²) in [7, 11) is 0. The van der Waals surface area contributed by atoms with E-state index in [1.54, 1.807) is 23.1 Å². The molecule has 3 aromatic rings. The first kappa shape index (κ1) is 17.6. The van der Waals surface area contributed by atoms with E-state index in [0.29, 0.717) is 49.8 Å². The van der Waals surface area contributed by atoms with E-state index < -0.39 is 0 Å². The second-order valence-corrected chi connectivity index (χ2v) is 7.15. The van der Waals surface area contributed by atoms with Crippen molar-refractivity contribution in [3.8, 4) is 11.5 Å². The lowest BCUT2D eigenvalue weighted by molar-refractivity contribution is -0.116. The fourth-order valence-electron chi connectivity index (χ4n) is 3.94. The van der Waals surface area contributed by atoms with Gasteiger partial charge in [0.2, 0.25) is 5.91 Å². The molecule has 2 amide bonds. The van der Waals surface area contributed by atoms with E-state index in [1.165, 1.54) is 0 Å². The minimum absolute atomic E-state index is 0.00374. The molecule has 0 radical (unpaired) electrons. The zero-order valence-corrected chi connectivity index (χ0v) is 15.8. The number of benzene rings is 3. The number of fused-ring (bicyclic) bond motifs is 1. The predicted octanol–water partition coefficient (Wildman–Crippen LogP) is 3.99. The highest BCUT2D eigenvalue weighted by molar-refractivity contribution is 6.25. The zero-order valence-electron chi connectivity index (χ0n) is 15.8. The van der Waals surface area contributed by atoms with Gasteiger partial charge in [-0.3, -0.25) is 9.59 Å². The molecule has 0 aliphatic carbocycles. The molecule has 0 unspecified atom stereocenters. The number of nitrogens with one attached hydrogen (secondary N) is 1. The molecule has 0 saturated carbocycles. The van der Waals surface area contributed by atoms with Crippen molar-refractivity contribution < 1.29 is 19.1 Å². The summed E-state index contributed by atoms with van der Waals surface area (Å²) >= 11 is 0. The Morgan fingerprint density at radius 1 is 1.00 bits per heavy atom. The van der Waals surface area contributed by atoms with Crippen LogP contribution in [0.5, 0.6) is 11.5 Å². The molecule has 0 atom stereocenters. The van der Waals surface area contributed by atoms with E-state index in [2.05, 4.69) is 5.32 Å². The predicted molar refractivity (Wildman–Crippen MR) is 111 cm³/mol. The topological polar surface area (TPSA) is 67.9 Å². The van der Waals surface area contributed by atoms with E-state index in [1.807, 2.05) is 36.4 Å². The highest BCUT2D eigenvalue weighted by atomic mass is 16.6. The van der Waals surface area contributed by atoms with Gasteiger partial charge in [-0.25, -0.2) is 0 Å². The summed E-state index contributed by atoms with van der Waals surface area (Å²) in [6, 6.07) is 17.1. The summed E-state index contributed by atoms with van der Waals surface area (Å²) in [5, 5.41) is 4.95. The molecule has 6 nitrogen and oxygen atoms in total. The van der Waals surface area contributed by atoms with Crippen molar-refractivity contribution >= 4 is 34.0 Å². The van der Waals surface area contributed by atoms with E-state index in [-0.39, 0.29) is 11.8 Å². The Kier molecular flexibility index (Phi) is 4.31. The Balaban J connectivity index is 1.21. The lowest BCUT2D eigenvalue weighted by atomic mass is 10.1. The fraction of sp³-hybridized carbons (Fsp3) is 0.217. The highest BCUT2D eigenvalue weighted by Gasteiger charge is 2.29. The van der Waals surface area contributed by atoms with Crippen LogP contribution in [0.1, 0.15) is 23.2 Å². The van der Waals surface area contributed by atoms with Gasteiger partial charge < -0.3 is 19.7 Å². The molecule has 0 bridgehead atoms. The van der Waals surface area contributed by atoms with Crippen LogP contribution in [0.3, 0.4) is 0 Å². The van der Waals surface area contributed by atoms with Gasteiger partial charge in [-0.2, -0.15) is 0 Å². The number of hydrogen-bond acceptors (Lipinski definition) is 4. The fourth-order valence-corrected chi connectivity index (χ4v) is 3.94. The zero-order chi connectivity index (χ0) is 19.8. The molecule has 2 aliphatic rings. The number of carbonyl (C=O) groups excluding carboxylic acids is 2. The van der Waals surface area contributed by atoms with Gasteiger partial charge in [0.25, 0.3) is 5.91 Å². The molecule has 1 N–H and O–H groups in total. The average Bonchev–Trinajstić information content (AvgIpc) is 3.02. The van der Waals surface area contributed by atoms with E-state index in [9.17, 15) is 9.59 Å². The number of ether oxygens (including phenoxy) is 2. The lowest BCUT2D eigenvalue weighted by Gasteiger charge is -2.19. The van der Waals surface area contributed by atoms with Gasteiger partial charge in [0.1, 0.15) is 13.2 Å². The Hall–Kier alpha value is -3.54. The van der Waals surface area contributed by atoms with Crippen molar-refractivity contribution in [2.75, 3.05) is 30.0 Å². The minimum Gasteiger partial charge on any atom is -0.486 e. The summed E-state index contributed by atoms with van der Waals surface area (Å²) in [6.45, 7) is 1.54. The van der Waals surface area contributed by atoms with Crippen LogP contribution in [-0.2, 0) is 4.79 Å². The Bertz CT molecular complexity index is 1120. The van der Waals surface area contributed by atoms with Gasteiger partial charge in [0.05, 0.1) is 5.69 Å². The number of nitrogens with zero attached hydrogens (tertiary/aromatic N) is 1. The molecule has 3 aromatic carbocycles. The molecule has 29 heavy (non-hydrogen) atoms. The number of anilines is 2. The molecule has 0 saturated heterocycles. The lowest BCUT2D eigenvalue weighted by Crippen LogP contribution is -2.28. The smallest absolute Gasteiger partial charge is 0.258 e. The molecule has 2 heterocycles. The summed E-state index contributed by atoms with van der Waals surface area (Å²) in [4.78, 5) is 26.9. The van der Waals surface area contributed by atoms with Crippen LogP contribution >= 0.6 is 0 Å². The van der Waals surface area contributed by atoms with Gasteiger partial charge in [-0.05, 0) is 36.1 Å². The average molecular weight is 388 g/mol. The van der Waals surface area contributed by atoms with Gasteiger partial charge in [-0.1, -0.05) is 24.3 Å². The van der Waals surface area contributed by atoms with Crippen molar-refractivity contribution in [2.45, 2.75) is 12.8 Å². The van der Waals surface area contributed by atoms with E-state index >= 15 is 0 Å². The molecule has 2 aliphatic heterocycles. The van der Waals surface area contributed by atoms with Crippen LogP contribution in [0.4, 0.5) is 11.4 Å². The van der Waals surface area contributed by atoms with Crippen molar-refractivity contribution in [3.63, 3.8) is 0 Å². The standard InChI is InChI=1S/C23H20N2O4/c26-21(24-16-9-10-19-20(14-16)29-13-12-28-19)8-3-11-25-18-7-2-5-15-4-1-6-17(22(15)18)23(25)27/h1-2,4-7,9-10,14H,3,8,11-13H2,(H,24,26). The second-order valence-electron chi connectivity index (χ2n) is 7.15. The minimum atomic E-state index is -0.0935. The largest absolute Gasteiger partial charge is 0.486 e. The second kappa shape index (κ2) is 7.13. The third-order valence-electron chi connectivity index (χ3n) is 5.26. The van der Waals surface area contributed by atoms with Crippen molar-refractivity contribution in [1.29, 1.82) is 0 Å². The van der Waals surface area contributed by atoms with Gasteiger partial charge in [-0.15, -0.1) is 0 Å². The quantitative estimate of drug-likeness (QED) is 0.718. The van der Waals surface area contributed by atoms with Gasteiger partial charge in [0, 0.05) is 35.7 Å². The Morgan fingerprint density at radius 3 is 2.66 bits per heavy atom. The number of hydrogen-bond donors (Lipinski definition) is 1. The van der Waals surface area contributed by atoms with Crippen molar-refractivity contribution in [3.05, 3.63) is 60.2 Å². The first-order valence-electron chi connectivity index (χ1n) is 9.74. The van der Waals surface area contributed by atoms with Crippen LogP contribution in [0, 0.1) is 0 Å². The highest BCUT2D eigenvalue weighted by Crippen LogP contribution is 2.37. The van der Waals surface area contributed by atoms with Crippen LogP contribution in [0.25, 0.3) is 10.8 Å². The van der Waals surface area contributed by atoms with Crippen LogP contribution in [0.15, 0.2) is 54.6 Å². The maximum absolute atomic E-state index is 12.8. The molecule has 6 heteroatoms. The summed E-state index contributed by atoms with van der Waals surface area (Å²) < 4.78 is 11.0. The van der Waals surface area contributed by atoms with Gasteiger partial charge in [0.15, 0.2) is 11.5 Å².